The predicted octanol–water partition coefficient (Wildman–Crippen LogP) is 0.717. The number of aliphatic hydroxyl groups excluding tert-OH is 2. The van der Waals surface area contributed by atoms with E-state index in [4.69, 9.17) is 4.74 Å². The van der Waals surface area contributed by atoms with Crippen LogP contribution in [0.2, 0.25) is 0 Å². The number of carboxylic acids is 1. The van der Waals surface area contributed by atoms with Crippen molar-refractivity contribution in [3.63, 3.8) is 0 Å². The van der Waals surface area contributed by atoms with Crippen LogP contribution in [0.15, 0.2) is 24.3 Å². The highest BCUT2D eigenvalue weighted by atomic mass is 16.6. The number of rotatable bonds is 5. The van der Waals surface area contributed by atoms with Crippen LogP contribution >= 0.6 is 0 Å². The quantitative estimate of drug-likeness (QED) is 0.411. The lowest BCUT2D eigenvalue weighted by Crippen LogP contribution is -2.46. The lowest BCUT2D eigenvalue weighted by molar-refractivity contribution is -0.146. The second-order valence-electron chi connectivity index (χ2n) is 8.44. The first kappa shape index (κ1) is 20.0. The van der Waals surface area contributed by atoms with Gasteiger partial charge in [0.1, 0.15) is 12.1 Å². The number of fused-ring (bicyclic) bond motifs is 3. The molecule has 0 unspecified atom stereocenters. The summed E-state index contributed by atoms with van der Waals surface area (Å²) in [7, 11) is 0. The zero-order valence-corrected chi connectivity index (χ0v) is 15.8. The maximum absolute atomic E-state index is 12.6. The Kier molecular flexibility index (Phi) is 5.47. The van der Waals surface area contributed by atoms with Crippen molar-refractivity contribution in [2.24, 2.45) is 29.6 Å². The Balaban J connectivity index is 1.84. The Morgan fingerprint density at radius 3 is 2.59 bits per heavy atom. The molecule has 1 saturated heterocycles. The molecule has 0 aromatic rings. The van der Waals surface area contributed by atoms with Crippen molar-refractivity contribution in [2.75, 3.05) is 6.54 Å². The fourth-order valence-electron chi connectivity index (χ4n) is 5.00. The highest BCUT2D eigenvalue weighted by Gasteiger charge is 2.57. The van der Waals surface area contributed by atoms with E-state index in [9.17, 15) is 24.9 Å². The van der Waals surface area contributed by atoms with Gasteiger partial charge in [-0.3, -0.25) is 9.59 Å². The zero-order chi connectivity index (χ0) is 20.0. The second-order valence-corrected chi connectivity index (χ2v) is 8.44. The molecule has 4 N–H and O–H groups in total. The van der Waals surface area contributed by atoms with Crippen molar-refractivity contribution < 1.29 is 29.6 Å². The summed E-state index contributed by atoms with van der Waals surface area (Å²) in [5.41, 5.74) is 1.46. The van der Waals surface area contributed by atoms with Gasteiger partial charge in [-0.05, 0) is 30.3 Å². The van der Waals surface area contributed by atoms with Crippen molar-refractivity contribution in [1.82, 2.24) is 5.32 Å². The lowest BCUT2D eigenvalue weighted by Gasteiger charge is -2.29. The van der Waals surface area contributed by atoms with Gasteiger partial charge >= 0.3 is 11.9 Å². The molecule has 2 aliphatic carbocycles. The number of carbonyl (C=O) groups excluding carboxylic acids is 1. The summed E-state index contributed by atoms with van der Waals surface area (Å²) in [6.07, 6.45) is -1.23. The minimum atomic E-state index is -0.977. The second kappa shape index (κ2) is 7.37. The number of carboxylic acid groups (broad SMARTS) is 1. The molecule has 1 aliphatic heterocycles. The van der Waals surface area contributed by atoms with Crippen LogP contribution in [0, 0.1) is 29.6 Å². The average molecular weight is 379 g/mol. The van der Waals surface area contributed by atoms with Crippen molar-refractivity contribution >= 4 is 11.9 Å². The molecule has 0 aromatic carbocycles. The maximum atomic E-state index is 12.6. The number of hydrogen-bond donors (Lipinski definition) is 4. The Morgan fingerprint density at radius 2 is 2.00 bits per heavy atom. The van der Waals surface area contributed by atoms with Gasteiger partial charge in [-0.2, -0.15) is 0 Å². The highest BCUT2D eigenvalue weighted by Crippen LogP contribution is 2.52. The van der Waals surface area contributed by atoms with Crippen molar-refractivity contribution in [2.45, 2.75) is 51.0 Å². The summed E-state index contributed by atoms with van der Waals surface area (Å²) in [6, 6.07) is -0.786. The summed E-state index contributed by atoms with van der Waals surface area (Å²) < 4.78 is 5.66. The SMILES string of the molecule is C=C1[C@@H]2[C@H]3OC(=O)[C@@H](CN[C@H](C(=O)O)C(C)C)[C@@H]3[C@@H](O)CC(=C)[C@@H]2C[C@@H]1O. The van der Waals surface area contributed by atoms with Crippen LogP contribution in [0.5, 0.6) is 0 Å². The van der Waals surface area contributed by atoms with E-state index in [1.165, 1.54) is 0 Å². The molecule has 0 radical (unpaired) electrons. The fourth-order valence-corrected chi connectivity index (χ4v) is 5.00. The van der Waals surface area contributed by atoms with Crippen LogP contribution in [-0.2, 0) is 14.3 Å². The van der Waals surface area contributed by atoms with E-state index in [1.807, 2.05) is 0 Å². The van der Waals surface area contributed by atoms with Crippen LogP contribution < -0.4 is 5.32 Å². The summed E-state index contributed by atoms with van der Waals surface area (Å²) >= 11 is 0. The summed E-state index contributed by atoms with van der Waals surface area (Å²) in [6.45, 7) is 11.8. The molecule has 3 rings (SSSR count). The molecule has 2 saturated carbocycles. The smallest absolute Gasteiger partial charge is 0.320 e. The molecular formula is C20H29NO6. The largest absolute Gasteiger partial charge is 0.480 e. The maximum Gasteiger partial charge on any atom is 0.320 e. The third-order valence-electron chi connectivity index (χ3n) is 6.45. The topological polar surface area (TPSA) is 116 Å². The lowest BCUT2D eigenvalue weighted by atomic mass is 9.78. The van der Waals surface area contributed by atoms with Gasteiger partial charge in [0.15, 0.2) is 0 Å². The number of ether oxygens (including phenoxy) is 1. The molecule has 7 nitrogen and oxygen atoms in total. The van der Waals surface area contributed by atoms with E-state index in [0.29, 0.717) is 18.4 Å². The monoisotopic (exact) mass is 379 g/mol. The van der Waals surface area contributed by atoms with E-state index < -0.39 is 48.1 Å². The van der Waals surface area contributed by atoms with Gasteiger partial charge in [-0.1, -0.05) is 32.6 Å². The Hall–Kier alpha value is -1.70. The molecule has 0 spiro atoms. The number of nitrogens with one attached hydrogen (secondary N) is 1. The minimum Gasteiger partial charge on any atom is -0.480 e. The van der Waals surface area contributed by atoms with E-state index in [-0.39, 0.29) is 24.3 Å². The van der Waals surface area contributed by atoms with E-state index >= 15 is 0 Å². The molecule has 27 heavy (non-hydrogen) atoms. The molecule has 150 valence electrons. The molecule has 1 heterocycles. The van der Waals surface area contributed by atoms with E-state index in [0.717, 1.165) is 5.57 Å². The standard InChI is InChI=1S/C20H29NO6/c1-8(2)17(19(24)25)21-7-12-16-14(23)5-9(3)11-6-13(22)10(4)15(11)18(16)27-20(12)26/h8,11-18,21-23H,3-7H2,1-2H3,(H,24,25)/t11-,12-,13-,14-,15-,16+,17-,18+/m0/s1. The molecule has 3 fully saturated rings. The minimum absolute atomic E-state index is 0.0703. The van der Waals surface area contributed by atoms with Gasteiger partial charge in [0, 0.05) is 18.4 Å². The van der Waals surface area contributed by atoms with Crippen LogP contribution in [0.25, 0.3) is 0 Å². The third-order valence-corrected chi connectivity index (χ3v) is 6.45. The van der Waals surface area contributed by atoms with Crippen LogP contribution in [0.4, 0.5) is 0 Å². The molecule has 8 atom stereocenters. The first-order chi connectivity index (χ1) is 12.6. The predicted molar refractivity (Wildman–Crippen MR) is 97.6 cm³/mol. The first-order valence-corrected chi connectivity index (χ1v) is 9.52. The normalized spacial score (nSPS) is 39.7. The van der Waals surface area contributed by atoms with Gasteiger partial charge in [0.05, 0.1) is 18.1 Å². The number of aliphatic carboxylic acids is 1. The van der Waals surface area contributed by atoms with Crippen LogP contribution in [-0.4, -0.2) is 58.2 Å². The summed E-state index contributed by atoms with van der Waals surface area (Å²) in [4.78, 5) is 24.0. The van der Waals surface area contributed by atoms with Crippen LogP contribution in [0.3, 0.4) is 0 Å². The molecule has 0 amide bonds. The van der Waals surface area contributed by atoms with Crippen molar-refractivity contribution in [3.8, 4) is 0 Å². The van der Waals surface area contributed by atoms with E-state index in [2.05, 4.69) is 18.5 Å². The fraction of sp³-hybridized carbons (Fsp3) is 0.700. The van der Waals surface area contributed by atoms with E-state index in [1.54, 1.807) is 13.8 Å². The Labute approximate surface area is 159 Å². The Bertz CT molecular complexity index is 659. The molecule has 0 aromatic heterocycles. The van der Waals surface area contributed by atoms with Gasteiger partial charge in [-0.15, -0.1) is 0 Å². The first-order valence-electron chi connectivity index (χ1n) is 9.52. The number of aliphatic hydroxyl groups is 2. The van der Waals surface area contributed by atoms with Crippen molar-refractivity contribution in [1.29, 1.82) is 0 Å². The van der Waals surface area contributed by atoms with Gasteiger partial charge < -0.3 is 25.4 Å². The Morgan fingerprint density at radius 1 is 1.33 bits per heavy atom. The third kappa shape index (κ3) is 3.44. The van der Waals surface area contributed by atoms with Gasteiger partial charge in [0.2, 0.25) is 0 Å². The molecular weight excluding hydrogens is 350 g/mol. The number of esters is 1. The molecule has 7 heteroatoms. The summed E-state index contributed by atoms with van der Waals surface area (Å²) in [5, 5.41) is 33.3. The zero-order valence-electron chi connectivity index (χ0n) is 15.8. The number of carbonyl (C=O) groups is 2. The van der Waals surface area contributed by atoms with Gasteiger partial charge in [-0.25, -0.2) is 0 Å². The molecule has 3 aliphatic rings. The van der Waals surface area contributed by atoms with Crippen LogP contribution in [0.1, 0.15) is 26.7 Å². The number of hydrogen-bond acceptors (Lipinski definition) is 6. The highest BCUT2D eigenvalue weighted by molar-refractivity contribution is 5.77. The summed E-state index contributed by atoms with van der Waals surface area (Å²) in [5.74, 6) is -3.03. The van der Waals surface area contributed by atoms with Gasteiger partial charge in [0.25, 0.3) is 0 Å². The van der Waals surface area contributed by atoms with Crippen molar-refractivity contribution in [3.05, 3.63) is 24.3 Å². The average Bonchev–Trinajstić information content (AvgIpc) is 3.01. The molecule has 0 bridgehead atoms.